The molecule has 0 atom stereocenters. The number of hydrogen-bond acceptors (Lipinski definition) is 8. The summed E-state index contributed by atoms with van der Waals surface area (Å²) in [5.41, 5.74) is 5.61. The SMILES string of the molecule is COc1ccc(S(=O)(=O)Nc2ccccc2CCCc2ccccc2C(=O)O)cc1OC.O=C(O)c1ccccc1CCCc1ccccc1NS(=O)(=O)/C=C/c1ccccc1. The summed E-state index contributed by atoms with van der Waals surface area (Å²) < 4.78 is 66.5. The summed E-state index contributed by atoms with van der Waals surface area (Å²) in [6.07, 6.45) is 5.28. The summed E-state index contributed by atoms with van der Waals surface area (Å²) in [4.78, 5) is 22.8. The second kappa shape index (κ2) is 22.1. The van der Waals surface area contributed by atoms with Crippen LogP contribution in [0.4, 0.5) is 11.4 Å². The molecule has 0 radical (unpaired) electrons. The minimum absolute atomic E-state index is 0.0559. The van der Waals surface area contributed by atoms with Crippen molar-refractivity contribution in [2.45, 2.75) is 43.4 Å². The second-order valence-electron chi connectivity index (χ2n) is 13.9. The summed E-state index contributed by atoms with van der Waals surface area (Å²) in [6, 6.07) is 41.9. The Morgan fingerprint density at radius 2 is 0.968 bits per heavy atom. The minimum Gasteiger partial charge on any atom is -0.493 e. The van der Waals surface area contributed by atoms with Crippen LogP contribution in [0, 0.1) is 0 Å². The molecular formula is C48H48N2O10S2. The molecule has 6 aromatic carbocycles. The molecule has 6 aromatic rings. The second-order valence-corrected chi connectivity index (χ2v) is 17.2. The molecule has 6 rings (SSSR count). The molecule has 0 heterocycles. The zero-order valence-electron chi connectivity index (χ0n) is 34.2. The number of methoxy groups -OCH3 is 2. The Bertz CT molecular complexity index is 2720. The molecule has 0 saturated carbocycles. The molecule has 0 bridgehead atoms. The van der Waals surface area contributed by atoms with E-state index in [1.54, 1.807) is 66.7 Å². The summed E-state index contributed by atoms with van der Waals surface area (Å²) in [5, 5.41) is 19.8. The molecule has 62 heavy (non-hydrogen) atoms. The number of rotatable bonds is 19. The molecule has 4 N–H and O–H groups in total. The number of ether oxygens (including phenoxy) is 2. The maximum atomic E-state index is 13.0. The van der Waals surface area contributed by atoms with E-state index in [1.165, 1.54) is 26.4 Å². The van der Waals surface area contributed by atoms with Crippen LogP contribution in [-0.4, -0.2) is 53.2 Å². The van der Waals surface area contributed by atoms with Crippen molar-refractivity contribution >= 4 is 49.4 Å². The van der Waals surface area contributed by atoms with Crippen molar-refractivity contribution in [3.05, 3.63) is 190 Å². The van der Waals surface area contributed by atoms with Crippen molar-refractivity contribution in [2.24, 2.45) is 0 Å². The molecule has 0 aliphatic carbocycles. The Hall–Kier alpha value is -6.90. The lowest BCUT2D eigenvalue weighted by Gasteiger charge is -2.14. The lowest BCUT2D eigenvalue weighted by atomic mass is 9.99. The number of benzene rings is 6. The van der Waals surface area contributed by atoms with Crippen LogP contribution in [0.3, 0.4) is 0 Å². The van der Waals surface area contributed by atoms with Gasteiger partial charge in [-0.25, -0.2) is 26.4 Å². The number of para-hydroxylation sites is 2. The molecular weight excluding hydrogens is 829 g/mol. The molecule has 0 saturated heterocycles. The van der Waals surface area contributed by atoms with Crippen LogP contribution < -0.4 is 18.9 Å². The first-order valence-electron chi connectivity index (χ1n) is 19.6. The first-order chi connectivity index (χ1) is 29.8. The highest BCUT2D eigenvalue weighted by Gasteiger charge is 2.19. The van der Waals surface area contributed by atoms with Gasteiger partial charge in [0.15, 0.2) is 11.5 Å². The van der Waals surface area contributed by atoms with Gasteiger partial charge in [0.1, 0.15) is 0 Å². The Labute approximate surface area is 362 Å². The van der Waals surface area contributed by atoms with Gasteiger partial charge in [-0.15, -0.1) is 0 Å². The van der Waals surface area contributed by atoms with Gasteiger partial charge in [0, 0.05) is 6.07 Å². The molecule has 12 nitrogen and oxygen atoms in total. The molecule has 0 unspecified atom stereocenters. The van der Waals surface area contributed by atoms with Crippen molar-refractivity contribution in [3.63, 3.8) is 0 Å². The largest absolute Gasteiger partial charge is 0.493 e. The van der Waals surface area contributed by atoms with Crippen molar-refractivity contribution < 1.29 is 46.1 Å². The third-order valence-corrected chi connectivity index (χ3v) is 12.1. The number of nitrogens with one attached hydrogen (secondary N) is 2. The van der Waals surface area contributed by atoms with Crippen LogP contribution in [0.25, 0.3) is 6.08 Å². The number of carboxylic acids is 2. The fraction of sp³-hybridized carbons (Fsp3) is 0.167. The molecule has 0 amide bonds. The molecule has 0 aliphatic heterocycles. The highest BCUT2D eigenvalue weighted by molar-refractivity contribution is 7.95. The van der Waals surface area contributed by atoms with Crippen LogP contribution in [0.5, 0.6) is 11.5 Å². The van der Waals surface area contributed by atoms with E-state index in [4.69, 9.17) is 9.47 Å². The number of hydrogen-bond donors (Lipinski definition) is 4. The average Bonchev–Trinajstić information content (AvgIpc) is 3.27. The average molecular weight is 877 g/mol. The van der Waals surface area contributed by atoms with E-state index in [0.717, 1.165) is 33.2 Å². The Balaban J connectivity index is 0.000000235. The first-order valence-corrected chi connectivity index (χ1v) is 22.6. The van der Waals surface area contributed by atoms with E-state index in [1.807, 2.05) is 72.8 Å². The quantitative estimate of drug-likeness (QED) is 0.0611. The van der Waals surface area contributed by atoms with Crippen LogP contribution >= 0.6 is 0 Å². The van der Waals surface area contributed by atoms with E-state index in [2.05, 4.69) is 9.44 Å². The van der Waals surface area contributed by atoms with Gasteiger partial charge < -0.3 is 19.7 Å². The minimum atomic E-state index is -3.85. The zero-order chi connectivity index (χ0) is 44.5. The summed E-state index contributed by atoms with van der Waals surface area (Å²) in [6.45, 7) is 0. The van der Waals surface area contributed by atoms with E-state index >= 15 is 0 Å². The van der Waals surface area contributed by atoms with Gasteiger partial charge in [-0.05, 0) is 109 Å². The van der Waals surface area contributed by atoms with E-state index in [-0.39, 0.29) is 10.5 Å². The smallest absolute Gasteiger partial charge is 0.335 e. The van der Waals surface area contributed by atoms with E-state index in [0.29, 0.717) is 67.0 Å². The fourth-order valence-electron chi connectivity index (χ4n) is 6.62. The van der Waals surface area contributed by atoms with Crippen molar-refractivity contribution in [3.8, 4) is 11.5 Å². The first kappa shape index (κ1) is 46.2. The standard InChI is InChI=1S/C24H25NO6S.C24H23NO4S/c1-30-22-15-14-19(16-23(22)31-2)32(28,29)25-21-13-6-4-9-18(21)11-7-10-17-8-3-5-12-20(17)24(26)27;26-24(27)22-15-6-4-11-20(22)13-8-14-21-12-5-7-16-23(21)25-30(28,29)18-17-19-9-2-1-3-10-19/h3-6,8-9,12-16,25H,7,10-11H2,1-2H3,(H,26,27);1-7,9-12,15-18,25H,8,13-14H2,(H,26,27)/b;18-17+. The molecule has 0 aliphatic rings. The van der Waals surface area contributed by atoms with Crippen LogP contribution in [0.1, 0.15) is 61.4 Å². The molecule has 14 heteroatoms. The zero-order valence-corrected chi connectivity index (χ0v) is 35.9. The maximum Gasteiger partial charge on any atom is 0.335 e. The van der Waals surface area contributed by atoms with Gasteiger partial charge in [-0.3, -0.25) is 9.44 Å². The monoisotopic (exact) mass is 876 g/mol. The van der Waals surface area contributed by atoms with E-state index in [9.17, 15) is 36.6 Å². The number of sulfonamides is 2. The Morgan fingerprint density at radius 1 is 0.532 bits per heavy atom. The molecule has 322 valence electrons. The van der Waals surface area contributed by atoms with Crippen LogP contribution in [0.2, 0.25) is 0 Å². The van der Waals surface area contributed by atoms with Gasteiger partial charge in [0.25, 0.3) is 20.0 Å². The molecule has 0 spiro atoms. The van der Waals surface area contributed by atoms with Gasteiger partial charge in [0.2, 0.25) is 0 Å². The van der Waals surface area contributed by atoms with Gasteiger partial charge in [-0.1, -0.05) is 103 Å². The van der Waals surface area contributed by atoms with Gasteiger partial charge >= 0.3 is 11.9 Å². The lowest BCUT2D eigenvalue weighted by molar-refractivity contribution is 0.0684. The van der Waals surface area contributed by atoms with Crippen molar-refractivity contribution in [2.75, 3.05) is 23.7 Å². The molecule has 0 aromatic heterocycles. The predicted molar refractivity (Wildman–Crippen MR) is 242 cm³/mol. The molecule has 0 fully saturated rings. The Morgan fingerprint density at radius 3 is 1.47 bits per heavy atom. The van der Waals surface area contributed by atoms with Crippen LogP contribution in [-0.2, 0) is 45.7 Å². The number of aryl methyl sites for hydroxylation is 4. The predicted octanol–water partition coefficient (Wildman–Crippen LogP) is 9.35. The number of carboxylic acid groups (broad SMARTS) is 2. The highest BCUT2D eigenvalue weighted by Crippen LogP contribution is 2.31. The van der Waals surface area contributed by atoms with Crippen molar-refractivity contribution in [1.29, 1.82) is 0 Å². The van der Waals surface area contributed by atoms with Crippen molar-refractivity contribution in [1.82, 2.24) is 0 Å². The van der Waals surface area contributed by atoms with Gasteiger partial charge in [0.05, 0.1) is 47.0 Å². The number of aromatic carboxylic acids is 2. The lowest BCUT2D eigenvalue weighted by Crippen LogP contribution is -2.14. The number of anilines is 2. The third kappa shape index (κ3) is 13.3. The summed E-state index contributed by atoms with van der Waals surface area (Å²) >= 11 is 0. The normalized spacial score (nSPS) is 11.3. The highest BCUT2D eigenvalue weighted by atomic mass is 32.2. The van der Waals surface area contributed by atoms with Gasteiger partial charge in [-0.2, -0.15) is 0 Å². The number of carbonyl (C=O) groups is 2. The maximum absolute atomic E-state index is 13.0. The summed E-state index contributed by atoms with van der Waals surface area (Å²) in [5.74, 6) is -1.14. The Kier molecular flexibility index (Phi) is 16.4. The topological polar surface area (TPSA) is 185 Å². The fourth-order valence-corrected chi connectivity index (χ4v) is 8.64. The van der Waals surface area contributed by atoms with Crippen LogP contribution in [0.15, 0.2) is 156 Å². The van der Waals surface area contributed by atoms with E-state index < -0.39 is 32.0 Å². The third-order valence-electron chi connectivity index (χ3n) is 9.72. The summed E-state index contributed by atoms with van der Waals surface area (Å²) in [7, 11) is -4.59.